The van der Waals surface area contributed by atoms with Crippen LogP contribution in [0.15, 0.2) is 72.2 Å². The fraction of sp³-hybridized carbons (Fsp3) is 0.150. The molecule has 4 rings (SSSR count). The van der Waals surface area contributed by atoms with Crippen LogP contribution in [-0.2, 0) is 11.0 Å². The van der Waals surface area contributed by atoms with Crippen LogP contribution in [0, 0.1) is 0 Å². The number of allylic oxidation sites excluding steroid dienone is 1. The molecule has 1 atom stereocenters. The summed E-state index contributed by atoms with van der Waals surface area (Å²) in [6.07, 6.45) is -3.12. The van der Waals surface area contributed by atoms with Crippen molar-refractivity contribution in [3.63, 3.8) is 0 Å². The minimum atomic E-state index is -4.50. The third-order valence-corrected chi connectivity index (χ3v) is 4.60. The van der Waals surface area contributed by atoms with Crippen molar-refractivity contribution in [2.24, 2.45) is 0 Å². The molecule has 0 saturated carbocycles. The number of nitrogens with zero attached hydrogens (tertiary/aromatic N) is 3. The molecule has 3 aromatic rings. The number of anilines is 2. The van der Waals surface area contributed by atoms with Crippen LogP contribution in [0.3, 0.4) is 0 Å². The minimum absolute atomic E-state index is 0.0568. The summed E-state index contributed by atoms with van der Waals surface area (Å²) >= 11 is 0. The number of benzene rings is 2. The molecule has 1 aliphatic rings. The standard InChI is InChI=1S/C20H16F3N5O/c1-12-16(18(29)27-15-9-5-8-14(10-15)20(21,22)23)17(13-6-3-2-4-7-13)28-19(26-12)24-11-25-28/h2-11,17H,1H3,(H,27,29)(H,24,25,26)/t17-/m0/s1. The van der Waals surface area contributed by atoms with E-state index < -0.39 is 23.7 Å². The maximum Gasteiger partial charge on any atom is 0.416 e. The lowest BCUT2D eigenvalue weighted by Crippen LogP contribution is -2.31. The highest BCUT2D eigenvalue weighted by atomic mass is 19.4. The van der Waals surface area contributed by atoms with Crippen LogP contribution in [0.25, 0.3) is 0 Å². The van der Waals surface area contributed by atoms with Crippen LogP contribution in [0.5, 0.6) is 0 Å². The Morgan fingerprint density at radius 2 is 1.90 bits per heavy atom. The summed E-state index contributed by atoms with van der Waals surface area (Å²) < 4.78 is 40.5. The van der Waals surface area contributed by atoms with Crippen LogP contribution in [-0.4, -0.2) is 20.7 Å². The highest BCUT2D eigenvalue weighted by molar-refractivity contribution is 6.06. The molecule has 0 saturated heterocycles. The number of carbonyl (C=O) groups excluding carboxylic acids is 1. The Hall–Kier alpha value is -3.62. The van der Waals surface area contributed by atoms with Crippen molar-refractivity contribution >= 4 is 17.5 Å². The van der Waals surface area contributed by atoms with Gasteiger partial charge in [0.25, 0.3) is 5.91 Å². The van der Waals surface area contributed by atoms with Gasteiger partial charge in [-0.1, -0.05) is 36.4 Å². The van der Waals surface area contributed by atoms with E-state index in [1.807, 2.05) is 30.3 Å². The predicted octanol–water partition coefficient (Wildman–Crippen LogP) is 4.22. The smallest absolute Gasteiger partial charge is 0.328 e. The van der Waals surface area contributed by atoms with Gasteiger partial charge in [-0.3, -0.25) is 4.79 Å². The average Bonchev–Trinajstić information content (AvgIpc) is 3.15. The van der Waals surface area contributed by atoms with Gasteiger partial charge in [-0.2, -0.15) is 23.3 Å². The van der Waals surface area contributed by atoms with Crippen LogP contribution in [0.2, 0.25) is 0 Å². The number of halogens is 3. The second-order valence-corrected chi connectivity index (χ2v) is 6.54. The fourth-order valence-corrected chi connectivity index (χ4v) is 3.30. The van der Waals surface area contributed by atoms with Crippen molar-refractivity contribution in [3.05, 3.63) is 83.3 Å². The molecule has 1 aromatic heterocycles. The predicted molar refractivity (Wildman–Crippen MR) is 101 cm³/mol. The third-order valence-electron chi connectivity index (χ3n) is 4.60. The van der Waals surface area contributed by atoms with Gasteiger partial charge in [-0.25, -0.2) is 4.68 Å². The second-order valence-electron chi connectivity index (χ2n) is 6.54. The quantitative estimate of drug-likeness (QED) is 0.692. The second kappa shape index (κ2) is 7.08. The summed E-state index contributed by atoms with van der Waals surface area (Å²) in [6, 6.07) is 13.2. The topological polar surface area (TPSA) is 71.8 Å². The summed E-state index contributed by atoms with van der Waals surface area (Å²) in [7, 11) is 0. The number of nitrogens with one attached hydrogen (secondary N) is 2. The minimum Gasteiger partial charge on any atom is -0.328 e. The normalized spacial score (nSPS) is 16.2. The zero-order valence-corrected chi connectivity index (χ0v) is 15.2. The Kier molecular flexibility index (Phi) is 4.57. The van der Waals surface area contributed by atoms with Crippen molar-refractivity contribution in [2.45, 2.75) is 19.1 Å². The number of rotatable bonds is 3. The molecule has 0 spiro atoms. The summed E-state index contributed by atoms with van der Waals surface area (Å²) in [5.74, 6) is -0.0451. The SMILES string of the molecule is CC1=C(C(=O)Nc2cccc(C(F)(F)F)c2)[C@H](c2ccccc2)n2ncnc2N1. The summed E-state index contributed by atoms with van der Waals surface area (Å²) in [4.78, 5) is 17.3. The number of carbonyl (C=O) groups is 1. The van der Waals surface area contributed by atoms with Gasteiger partial charge in [0.15, 0.2) is 0 Å². The van der Waals surface area contributed by atoms with Crippen LogP contribution >= 0.6 is 0 Å². The molecule has 1 aliphatic heterocycles. The van der Waals surface area contributed by atoms with Gasteiger partial charge in [-0.05, 0) is 30.7 Å². The molecule has 2 N–H and O–H groups in total. The van der Waals surface area contributed by atoms with E-state index in [-0.39, 0.29) is 5.69 Å². The first kappa shape index (κ1) is 18.7. The van der Waals surface area contributed by atoms with Crippen LogP contribution in [0.1, 0.15) is 24.1 Å². The molecular weight excluding hydrogens is 383 g/mol. The molecule has 148 valence electrons. The molecule has 1 amide bonds. The molecule has 2 heterocycles. The van der Waals surface area contributed by atoms with Crippen molar-refractivity contribution < 1.29 is 18.0 Å². The first-order valence-corrected chi connectivity index (χ1v) is 8.75. The zero-order valence-electron chi connectivity index (χ0n) is 15.2. The molecule has 9 heteroatoms. The molecule has 0 radical (unpaired) electrons. The van der Waals surface area contributed by atoms with Crippen molar-refractivity contribution in [2.75, 3.05) is 10.6 Å². The van der Waals surface area contributed by atoms with E-state index in [2.05, 4.69) is 20.7 Å². The first-order chi connectivity index (χ1) is 13.8. The molecule has 0 bridgehead atoms. The van der Waals surface area contributed by atoms with E-state index >= 15 is 0 Å². The lowest BCUT2D eigenvalue weighted by Gasteiger charge is -2.28. The van der Waals surface area contributed by atoms with E-state index in [1.54, 1.807) is 11.6 Å². The number of amides is 1. The molecule has 2 aromatic carbocycles. The maximum absolute atomic E-state index is 13.1. The van der Waals surface area contributed by atoms with Crippen LogP contribution in [0.4, 0.5) is 24.8 Å². The van der Waals surface area contributed by atoms with Gasteiger partial charge in [0.1, 0.15) is 12.4 Å². The van der Waals surface area contributed by atoms with Gasteiger partial charge < -0.3 is 10.6 Å². The summed E-state index contributed by atoms with van der Waals surface area (Å²) in [5, 5.41) is 9.81. The van der Waals surface area contributed by atoms with E-state index in [1.165, 1.54) is 18.5 Å². The fourth-order valence-electron chi connectivity index (χ4n) is 3.30. The number of hydrogen-bond acceptors (Lipinski definition) is 4. The van der Waals surface area contributed by atoms with E-state index in [4.69, 9.17) is 0 Å². The van der Waals surface area contributed by atoms with E-state index in [0.29, 0.717) is 17.2 Å². The van der Waals surface area contributed by atoms with Gasteiger partial charge in [0.2, 0.25) is 5.95 Å². The Labute approximate surface area is 164 Å². The largest absolute Gasteiger partial charge is 0.416 e. The van der Waals surface area contributed by atoms with Crippen molar-refractivity contribution in [1.29, 1.82) is 0 Å². The Morgan fingerprint density at radius 3 is 2.62 bits per heavy atom. The maximum atomic E-state index is 13.1. The first-order valence-electron chi connectivity index (χ1n) is 8.75. The van der Waals surface area contributed by atoms with Gasteiger partial charge in [0.05, 0.1) is 11.1 Å². The molecule has 0 fully saturated rings. The van der Waals surface area contributed by atoms with Crippen LogP contribution < -0.4 is 10.6 Å². The highest BCUT2D eigenvalue weighted by Crippen LogP contribution is 2.35. The number of hydrogen-bond donors (Lipinski definition) is 2. The van der Waals surface area contributed by atoms with E-state index in [9.17, 15) is 18.0 Å². The zero-order chi connectivity index (χ0) is 20.6. The van der Waals surface area contributed by atoms with Crippen molar-refractivity contribution in [1.82, 2.24) is 14.8 Å². The van der Waals surface area contributed by atoms with Gasteiger partial charge >= 0.3 is 6.18 Å². The highest BCUT2D eigenvalue weighted by Gasteiger charge is 2.34. The van der Waals surface area contributed by atoms with Gasteiger partial charge in [0, 0.05) is 11.4 Å². The monoisotopic (exact) mass is 399 g/mol. The molecule has 0 aliphatic carbocycles. The summed E-state index contributed by atoms with van der Waals surface area (Å²) in [6.45, 7) is 1.72. The lowest BCUT2D eigenvalue weighted by molar-refractivity contribution is -0.137. The Balaban J connectivity index is 1.71. The van der Waals surface area contributed by atoms with E-state index in [0.717, 1.165) is 17.7 Å². The third kappa shape index (κ3) is 3.58. The molecule has 0 unspecified atom stereocenters. The number of aromatic nitrogens is 3. The summed E-state index contributed by atoms with van der Waals surface area (Å²) in [5.41, 5.74) is 0.909. The number of alkyl halides is 3. The molecule has 29 heavy (non-hydrogen) atoms. The Morgan fingerprint density at radius 1 is 1.14 bits per heavy atom. The average molecular weight is 399 g/mol. The molecule has 6 nitrogen and oxygen atoms in total. The van der Waals surface area contributed by atoms with Gasteiger partial charge in [-0.15, -0.1) is 0 Å². The molecular formula is C20H16F3N5O. The Bertz CT molecular complexity index is 1090. The lowest BCUT2D eigenvalue weighted by atomic mass is 9.95. The number of fused-ring (bicyclic) bond motifs is 1. The van der Waals surface area contributed by atoms with Crippen molar-refractivity contribution in [3.8, 4) is 0 Å².